The third-order valence-corrected chi connectivity index (χ3v) is 5.94. The summed E-state index contributed by atoms with van der Waals surface area (Å²) < 4.78 is 0. The van der Waals surface area contributed by atoms with Crippen molar-refractivity contribution < 1.29 is 0 Å². The van der Waals surface area contributed by atoms with Gasteiger partial charge in [-0.15, -0.1) is 0 Å². The van der Waals surface area contributed by atoms with Crippen LogP contribution in [0.1, 0.15) is 11.1 Å². The van der Waals surface area contributed by atoms with E-state index in [0.29, 0.717) is 0 Å². The highest BCUT2D eigenvalue weighted by Crippen LogP contribution is 2.26. The molecule has 4 rings (SSSR count). The van der Waals surface area contributed by atoms with E-state index in [1.54, 1.807) is 6.08 Å². The Balaban J connectivity index is 1.35. The highest BCUT2D eigenvalue weighted by Gasteiger charge is 2.01. The molecule has 37 heavy (non-hydrogen) atoms. The van der Waals surface area contributed by atoms with Crippen molar-refractivity contribution in [1.29, 1.82) is 0 Å². The molecule has 0 aliphatic heterocycles. The number of allylic oxidation sites excluding steroid dienone is 8. The van der Waals surface area contributed by atoms with Crippen LogP contribution in [0, 0.1) is 0 Å². The first-order valence-electron chi connectivity index (χ1n) is 12.3. The second kappa shape index (κ2) is 13.3. The highest BCUT2D eigenvalue weighted by molar-refractivity contribution is 5.76. The first-order valence-corrected chi connectivity index (χ1v) is 12.3. The van der Waals surface area contributed by atoms with Gasteiger partial charge in [0.05, 0.1) is 0 Å². The minimum absolute atomic E-state index is 1.04. The SMILES string of the molecule is C=C/C=C\C=C\c1ccc(/C(C=C)=C/C=C/Nc2ccc(-c3ccc(-c4ccccc4)cc3)cc2)cc1. The predicted molar refractivity (Wildman–Crippen MR) is 163 cm³/mol. The molecule has 0 bridgehead atoms. The number of rotatable bonds is 10. The lowest BCUT2D eigenvalue weighted by atomic mass is 10.0. The van der Waals surface area contributed by atoms with Crippen molar-refractivity contribution in [1.82, 2.24) is 0 Å². The standard InChI is InChI=1S/C36H31N/c1-3-5-6-8-12-29-16-18-32(19-17-29)30(4-2)15-11-28-37-36-26-24-35(25-27-36)34-22-20-33(21-23-34)31-13-9-7-10-14-31/h3-28,37H,1-2H2/b6-5-,12-8+,28-11+,30-15+. The fraction of sp³-hybridized carbons (Fsp3) is 0. The van der Waals surface area contributed by atoms with Crippen molar-refractivity contribution in [2.24, 2.45) is 0 Å². The van der Waals surface area contributed by atoms with Gasteiger partial charge >= 0.3 is 0 Å². The lowest BCUT2D eigenvalue weighted by Crippen LogP contribution is -1.87. The summed E-state index contributed by atoms with van der Waals surface area (Å²) in [6, 6.07) is 36.0. The maximum atomic E-state index is 3.97. The summed E-state index contributed by atoms with van der Waals surface area (Å²) in [5.74, 6) is 0. The molecule has 0 heterocycles. The molecule has 1 nitrogen and oxygen atoms in total. The summed E-state index contributed by atoms with van der Waals surface area (Å²) in [5, 5.41) is 3.35. The molecule has 0 aliphatic rings. The first kappa shape index (κ1) is 25.2. The molecule has 1 N–H and O–H groups in total. The summed E-state index contributed by atoms with van der Waals surface area (Å²) in [6.45, 7) is 7.65. The van der Waals surface area contributed by atoms with Gasteiger partial charge in [0.1, 0.15) is 0 Å². The normalized spacial score (nSPS) is 11.8. The minimum atomic E-state index is 1.04. The van der Waals surface area contributed by atoms with Gasteiger partial charge in [-0.25, -0.2) is 0 Å². The fourth-order valence-corrected chi connectivity index (χ4v) is 3.92. The molecule has 1 heteroatoms. The van der Waals surface area contributed by atoms with E-state index >= 15 is 0 Å². The number of anilines is 1. The highest BCUT2D eigenvalue weighted by atomic mass is 14.8. The van der Waals surface area contributed by atoms with Crippen LogP contribution in [0.3, 0.4) is 0 Å². The summed E-state index contributed by atoms with van der Waals surface area (Å²) in [4.78, 5) is 0. The molecule has 4 aromatic rings. The van der Waals surface area contributed by atoms with Crippen LogP contribution in [0.25, 0.3) is 33.9 Å². The summed E-state index contributed by atoms with van der Waals surface area (Å²) in [7, 11) is 0. The van der Waals surface area contributed by atoms with Crippen molar-refractivity contribution in [2.75, 3.05) is 5.32 Å². The van der Waals surface area contributed by atoms with E-state index in [1.807, 2.05) is 42.6 Å². The zero-order chi connectivity index (χ0) is 25.7. The van der Waals surface area contributed by atoms with Crippen molar-refractivity contribution >= 4 is 17.3 Å². The zero-order valence-corrected chi connectivity index (χ0v) is 20.9. The molecule has 0 aromatic heterocycles. The maximum absolute atomic E-state index is 3.97. The number of benzene rings is 4. The molecular formula is C36H31N. The number of nitrogens with one attached hydrogen (secondary N) is 1. The van der Waals surface area contributed by atoms with E-state index in [2.05, 4.69) is 128 Å². The van der Waals surface area contributed by atoms with Crippen LogP contribution in [0.2, 0.25) is 0 Å². The molecule has 0 radical (unpaired) electrons. The van der Waals surface area contributed by atoms with Crippen molar-refractivity contribution in [2.45, 2.75) is 0 Å². The largest absolute Gasteiger partial charge is 0.362 e. The van der Waals surface area contributed by atoms with Gasteiger partial charge in [-0.3, -0.25) is 0 Å². The molecule has 0 unspecified atom stereocenters. The van der Waals surface area contributed by atoms with Gasteiger partial charge in [0.25, 0.3) is 0 Å². The predicted octanol–water partition coefficient (Wildman–Crippen LogP) is 9.97. The van der Waals surface area contributed by atoms with Gasteiger partial charge in [-0.1, -0.05) is 147 Å². The third-order valence-electron chi connectivity index (χ3n) is 5.94. The summed E-state index contributed by atoms with van der Waals surface area (Å²) >= 11 is 0. The monoisotopic (exact) mass is 477 g/mol. The first-order chi connectivity index (χ1) is 18.3. The minimum Gasteiger partial charge on any atom is -0.362 e. The molecule has 0 amide bonds. The quantitative estimate of drug-likeness (QED) is 0.224. The molecular weight excluding hydrogens is 446 g/mol. The van der Waals surface area contributed by atoms with Crippen LogP contribution in [-0.4, -0.2) is 0 Å². The van der Waals surface area contributed by atoms with Crippen molar-refractivity contribution in [3.05, 3.63) is 176 Å². The Kier molecular flexibility index (Phi) is 9.05. The van der Waals surface area contributed by atoms with Gasteiger partial charge in [0.15, 0.2) is 0 Å². The van der Waals surface area contributed by atoms with E-state index in [-0.39, 0.29) is 0 Å². The molecule has 0 saturated carbocycles. The second-order valence-corrected chi connectivity index (χ2v) is 8.45. The number of hydrogen-bond donors (Lipinski definition) is 1. The van der Waals surface area contributed by atoms with Gasteiger partial charge in [-0.05, 0) is 57.2 Å². The van der Waals surface area contributed by atoms with E-state index < -0.39 is 0 Å². The Morgan fingerprint density at radius 1 is 0.568 bits per heavy atom. The van der Waals surface area contributed by atoms with Crippen LogP contribution in [-0.2, 0) is 0 Å². The van der Waals surface area contributed by atoms with E-state index in [9.17, 15) is 0 Å². The zero-order valence-electron chi connectivity index (χ0n) is 20.9. The lowest BCUT2D eigenvalue weighted by molar-refractivity contribution is 1.55. The van der Waals surface area contributed by atoms with E-state index in [0.717, 1.165) is 22.4 Å². The van der Waals surface area contributed by atoms with Gasteiger partial charge in [-0.2, -0.15) is 0 Å². The smallest absolute Gasteiger partial charge is 0.0380 e. The van der Waals surface area contributed by atoms with Gasteiger partial charge in [0.2, 0.25) is 0 Å². The lowest BCUT2D eigenvalue weighted by Gasteiger charge is -2.07. The molecule has 4 aromatic carbocycles. The Hall–Kier alpha value is -4.88. The Labute approximate surface area is 220 Å². The van der Waals surface area contributed by atoms with Crippen LogP contribution in [0.5, 0.6) is 0 Å². The van der Waals surface area contributed by atoms with Crippen LogP contribution in [0.15, 0.2) is 165 Å². The summed E-state index contributed by atoms with van der Waals surface area (Å²) in [5.41, 5.74) is 9.23. The van der Waals surface area contributed by atoms with Crippen LogP contribution < -0.4 is 5.32 Å². The number of hydrogen-bond acceptors (Lipinski definition) is 1. The van der Waals surface area contributed by atoms with E-state index in [1.165, 1.54) is 22.3 Å². The summed E-state index contributed by atoms with van der Waals surface area (Å²) in [6.07, 6.45) is 17.6. The van der Waals surface area contributed by atoms with Crippen molar-refractivity contribution in [3.8, 4) is 22.3 Å². The van der Waals surface area contributed by atoms with Gasteiger partial charge in [0, 0.05) is 11.9 Å². The molecule has 0 spiro atoms. The Bertz CT molecular complexity index is 1410. The van der Waals surface area contributed by atoms with Gasteiger partial charge < -0.3 is 5.32 Å². The molecule has 0 saturated heterocycles. The van der Waals surface area contributed by atoms with Crippen LogP contribution >= 0.6 is 0 Å². The van der Waals surface area contributed by atoms with E-state index in [4.69, 9.17) is 0 Å². The maximum Gasteiger partial charge on any atom is 0.0380 e. The average Bonchev–Trinajstić information content (AvgIpc) is 2.97. The Morgan fingerprint density at radius 2 is 1.16 bits per heavy atom. The molecule has 0 aliphatic carbocycles. The second-order valence-electron chi connectivity index (χ2n) is 8.45. The topological polar surface area (TPSA) is 12.0 Å². The molecule has 180 valence electrons. The third kappa shape index (κ3) is 7.30. The van der Waals surface area contributed by atoms with Crippen LogP contribution in [0.4, 0.5) is 5.69 Å². The molecule has 0 atom stereocenters. The fourth-order valence-electron chi connectivity index (χ4n) is 3.92. The Morgan fingerprint density at radius 3 is 1.76 bits per heavy atom. The molecule has 0 fully saturated rings. The average molecular weight is 478 g/mol. The van der Waals surface area contributed by atoms with Crippen molar-refractivity contribution in [3.63, 3.8) is 0 Å².